The van der Waals surface area contributed by atoms with Crippen molar-refractivity contribution in [2.45, 2.75) is 51.7 Å². The predicted octanol–water partition coefficient (Wildman–Crippen LogP) is 0.944. The quantitative estimate of drug-likeness (QED) is 0.621. The van der Waals surface area contributed by atoms with Gasteiger partial charge in [0, 0.05) is 6.42 Å². The Morgan fingerprint density at radius 1 is 1.40 bits per heavy atom. The number of carbonyl (C=O) groups is 2. The molecule has 2 atom stereocenters. The van der Waals surface area contributed by atoms with Crippen LogP contribution in [0.25, 0.3) is 0 Å². The molecule has 0 aromatic rings. The first-order chi connectivity index (χ1) is 6.95. The minimum Gasteiger partial charge on any atom is -0.481 e. The number of aliphatic hydroxyl groups excluding tert-OH is 1. The Morgan fingerprint density at radius 2 is 2.00 bits per heavy atom. The molecule has 0 spiro atoms. The molecule has 0 amide bonds. The molecule has 0 saturated heterocycles. The van der Waals surface area contributed by atoms with Crippen molar-refractivity contribution in [2.24, 2.45) is 0 Å². The van der Waals surface area contributed by atoms with Crippen molar-refractivity contribution in [2.75, 3.05) is 0 Å². The molecule has 2 unspecified atom stereocenters. The van der Waals surface area contributed by atoms with E-state index in [4.69, 9.17) is 14.9 Å². The van der Waals surface area contributed by atoms with Crippen LogP contribution in [-0.4, -0.2) is 34.4 Å². The summed E-state index contributed by atoms with van der Waals surface area (Å²) in [5, 5.41) is 17.5. The van der Waals surface area contributed by atoms with E-state index in [-0.39, 0.29) is 12.8 Å². The Balaban J connectivity index is 3.85. The Kier molecular flexibility index (Phi) is 6.70. The predicted molar refractivity (Wildman–Crippen MR) is 53.3 cm³/mol. The summed E-state index contributed by atoms with van der Waals surface area (Å²) in [5.41, 5.74) is 0. The zero-order valence-electron chi connectivity index (χ0n) is 9.10. The molecule has 5 heteroatoms. The second-order valence-electron chi connectivity index (χ2n) is 3.51. The highest BCUT2D eigenvalue weighted by Gasteiger charge is 2.16. The van der Waals surface area contributed by atoms with Gasteiger partial charge in [-0.25, -0.2) is 0 Å². The van der Waals surface area contributed by atoms with Gasteiger partial charge in [-0.05, 0) is 19.8 Å². The molecule has 0 aliphatic rings. The molecule has 0 heterocycles. The summed E-state index contributed by atoms with van der Waals surface area (Å²) >= 11 is 0. The Labute approximate surface area is 89.0 Å². The van der Waals surface area contributed by atoms with E-state index in [0.29, 0.717) is 12.8 Å². The fourth-order valence-corrected chi connectivity index (χ4v) is 1.04. The van der Waals surface area contributed by atoms with Gasteiger partial charge in [0.1, 0.15) is 6.10 Å². The van der Waals surface area contributed by atoms with Crippen LogP contribution >= 0.6 is 0 Å². The minimum atomic E-state index is -0.981. The maximum Gasteiger partial charge on any atom is 0.307 e. The minimum absolute atomic E-state index is 0.119. The van der Waals surface area contributed by atoms with E-state index in [1.807, 2.05) is 0 Å². The number of esters is 1. The van der Waals surface area contributed by atoms with Crippen LogP contribution in [0.1, 0.15) is 39.5 Å². The highest BCUT2D eigenvalue weighted by Crippen LogP contribution is 2.07. The van der Waals surface area contributed by atoms with Crippen molar-refractivity contribution >= 4 is 11.9 Å². The van der Waals surface area contributed by atoms with Crippen LogP contribution in [0.5, 0.6) is 0 Å². The smallest absolute Gasteiger partial charge is 0.307 e. The molecule has 0 aromatic heterocycles. The van der Waals surface area contributed by atoms with Crippen molar-refractivity contribution in [3.8, 4) is 0 Å². The molecule has 0 rings (SSSR count). The first kappa shape index (κ1) is 13.9. The summed E-state index contributed by atoms with van der Waals surface area (Å²) in [6.45, 7) is 3.34. The van der Waals surface area contributed by atoms with Gasteiger partial charge in [0.2, 0.25) is 0 Å². The molecule has 0 aliphatic carbocycles. The second-order valence-corrected chi connectivity index (χ2v) is 3.51. The number of aliphatic carboxylic acids is 1. The number of carboxylic acid groups (broad SMARTS) is 1. The maximum absolute atomic E-state index is 11.2. The number of carboxylic acids is 1. The van der Waals surface area contributed by atoms with Gasteiger partial charge in [0.15, 0.2) is 0 Å². The average molecular weight is 218 g/mol. The molecular formula is C10H18O5. The lowest BCUT2D eigenvalue weighted by Crippen LogP contribution is -2.21. The lowest BCUT2D eigenvalue weighted by atomic mass is 10.2. The third-order valence-corrected chi connectivity index (χ3v) is 1.92. The first-order valence-corrected chi connectivity index (χ1v) is 5.05. The molecular weight excluding hydrogens is 200 g/mol. The van der Waals surface area contributed by atoms with E-state index in [1.165, 1.54) is 0 Å². The van der Waals surface area contributed by atoms with E-state index in [0.717, 1.165) is 0 Å². The third-order valence-electron chi connectivity index (χ3n) is 1.92. The van der Waals surface area contributed by atoms with Gasteiger partial charge in [-0.3, -0.25) is 9.59 Å². The first-order valence-electron chi connectivity index (χ1n) is 5.05. The van der Waals surface area contributed by atoms with E-state index >= 15 is 0 Å². The Hall–Kier alpha value is -1.10. The standard InChI is InChI=1S/C10H18O5/c1-3-8(6-9(12)13)15-10(14)5-4-7(2)11/h7-8,11H,3-6H2,1-2H3,(H,12,13). The average Bonchev–Trinajstić information content (AvgIpc) is 2.13. The van der Waals surface area contributed by atoms with Crippen LogP contribution in [0.3, 0.4) is 0 Å². The Morgan fingerprint density at radius 3 is 2.40 bits per heavy atom. The summed E-state index contributed by atoms with van der Waals surface area (Å²) in [6, 6.07) is 0. The number of hydrogen-bond acceptors (Lipinski definition) is 4. The maximum atomic E-state index is 11.2. The van der Waals surface area contributed by atoms with Crippen LogP contribution in [0.4, 0.5) is 0 Å². The summed E-state index contributed by atoms with van der Waals surface area (Å²) in [5.74, 6) is -1.44. The molecule has 0 bridgehead atoms. The van der Waals surface area contributed by atoms with Crippen LogP contribution < -0.4 is 0 Å². The molecule has 0 aliphatic heterocycles. The lowest BCUT2D eigenvalue weighted by Gasteiger charge is -2.14. The van der Waals surface area contributed by atoms with Gasteiger partial charge in [-0.1, -0.05) is 6.92 Å². The zero-order valence-corrected chi connectivity index (χ0v) is 9.10. The lowest BCUT2D eigenvalue weighted by molar-refractivity contribution is -0.153. The summed E-state index contributed by atoms with van der Waals surface area (Å²) in [4.78, 5) is 21.6. The van der Waals surface area contributed by atoms with E-state index in [1.54, 1.807) is 13.8 Å². The SMILES string of the molecule is CCC(CC(=O)O)OC(=O)CCC(C)O. The normalized spacial score (nSPS) is 14.3. The molecule has 0 saturated carbocycles. The summed E-state index contributed by atoms with van der Waals surface area (Å²) in [6.07, 6.45) is -0.346. The van der Waals surface area contributed by atoms with Gasteiger partial charge in [-0.15, -0.1) is 0 Å². The summed E-state index contributed by atoms with van der Waals surface area (Å²) < 4.78 is 4.93. The van der Waals surface area contributed by atoms with E-state index in [2.05, 4.69) is 0 Å². The molecule has 2 N–H and O–H groups in total. The number of rotatable bonds is 7. The number of hydrogen-bond donors (Lipinski definition) is 2. The van der Waals surface area contributed by atoms with Crippen molar-refractivity contribution < 1.29 is 24.5 Å². The van der Waals surface area contributed by atoms with Gasteiger partial charge >= 0.3 is 11.9 Å². The van der Waals surface area contributed by atoms with Crippen molar-refractivity contribution in [1.82, 2.24) is 0 Å². The van der Waals surface area contributed by atoms with Gasteiger partial charge in [0.25, 0.3) is 0 Å². The van der Waals surface area contributed by atoms with Crippen molar-refractivity contribution in [3.05, 3.63) is 0 Å². The molecule has 15 heavy (non-hydrogen) atoms. The molecule has 0 radical (unpaired) electrons. The fraction of sp³-hybridized carbons (Fsp3) is 0.800. The van der Waals surface area contributed by atoms with Crippen LogP contribution in [0.15, 0.2) is 0 Å². The van der Waals surface area contributed by atoms with Crippen LogP contribution in [-0.2, 0) is 14.3 Å². The molecule has 0 fully saturated rings. The van der Waals surface area contributed by atoms with Crippen molar-refractivity contribution in [1.29, 1.82) is 0 Å². The largest absolute Gasteiger partial charge is 0.481 e. The fourth-order valence-electron chi connectivity index (χ4n) is 1.04. The topological polar surface area (TPSA) is 83.8 Å². The highest BCUT2D eigenvalue weighted by molar-refractivity contribution is 5.71. The highest BCUT2D eigenvalue weighted by atomic mass is 16.5. The van der Waals surface area contributed by atoms with Gasteiger partial charge in [0.05, 0.1) is 12.5 Å². The number of aliphatic hydroxyl groups is 1. The van der Waals surface area contributed by atoms with Gasteiger partial charge in [-0.2, -0.15) is 0 Å². The summed E-state index contributed by atoms with van der Waals surface area (Å²) in [7, 11) is 0. The van der Waals surface area contributed by atoms with Gasteiger partial charge < -0.3 is 14.9 Å². The Bertz CT molecular complexity index is 212. The van der Waals surface area contributed by atoms with E-state index in [9.17, 15) is 9.59 Å². The second kappa shape index (κ2) is 7.23. The molecule has 5 nitrogen and oxygen atoms in total. The third kappa shape index (κ3) is 7.93. The van der Waals surface area contributed by atoms with Crippen LogP contribution in [0.2, 0.25) is 0 Å². The number of ether oxygens (including phenoxy) is 1. The number of carbonyl (C=O) groups excluding carboxylic acids is 1. The van der Waals surface area contributed by atoms with Crippen molar-refractivity contribution in [3.63, 3.8) is 0 Å². The van der Waals surface area contributed by atoms with E-state index < -0.39 is 24.1 Å². The molecule has 88 valence electrons. The van der Waals surface area contributed by atoms with Crippen LogP contribution in [0, 0.1) is 0 Å². The molecule has 0 aromatic carbocycles. The zero-order chi connectivity index (χ0) is 11.8. The monoisotopic (exact) mass is 218 g/mol.